The van der Waals surface area contributed by atoms with Crippen molar-refractivity contribution in [2.24, 2.45) is 10.1 Å². The van der Waals surface area contributed by atoms with Crippen LogP contribution < -0.4 is 5.43 Å². The number of aliphatic imine (C=N–C) groups is 1. The number of fused-ring (bicyclic) bond motifs is 3. The lowest BCUT2D eigenvalue weighted by Gasteiger charge is -2.10. The quantitative estimate of drug-likeness (QED) is 0.554. The second kappa shape index (κ2) is 6.70. The topological polar surface area (TPSA) is 49.6 Å². The lowest BCUT2D eigenvalue weighted by molar-refractivity contribution is 0.627. The molecule has 0 fully saturated rings. The summed E-state index contributed by atoms with van der Waals surface area (Å²) in [6.45, 7) is 0. The van der Waals surface area contributed by atoms with E-state index in [1.807, 2.05) is 30.3 Å². The molecule has 0 amide bonds. The van der Waals surface area contributed by atoms with Crippen molar-refractivity contribution in [3.63, 3.8) is 0 Å². The largest absolute Gasteiger partial charge is 0.265 e. The van der Waals surface area contributed by atoms with Gasteiger partial charge in [0.15, 0.2) is 5.84 Å². The summed E-state index contributed by atoms with van der Waals surface area (Å²) in [5.41, 5.74) is 7.31. The molecule has 0 aliphatic carbocycles. The van der Waals surface area contributed by atoms with Gasteiger partial charge in [-0.05, 0) is 47.9 Å². The minimum atomic E-state index is -0.287. The Morgan fingerprint density at radius 3 is 2.36 bits per heavy atom. The molecule has 0 spiro atoms. The minimum absolute atomic E-state index is 0.287. The number of benzene rings is 3. The molecule has 3 aromatic carbocycles. The predicted molar refractivity (Wildman–Crippen MR) is 110 cm³/mol. The van der Waals surface area contributed by atoms with Crippen LogP contribution in [0.4, 0.5) is 10.1 Å². The zero-order valence-corrected chi connectivity index (χ0v) is 14.8. The number of hydrogen-bond acceptors (Lipinski definition) is 4. The fourth-order valence-corrected chi connectivity index (χ4v) is 3.34. The number of aromatic nitrogens is 1. The van der Waals surface area contributed by atoms with Gasteiger partial charge in [0, 0.05) is 34.5 Å². The van der Waals surface area contributed by atoms with Crippen molar-refractivity contribution in [2.45, 2.75) is 0 Å². The SMILES string of the molecule is Fc1ccc(C2=Nc3c(ccc4ccccc34)C(c3ccncc3)=NN2)cc1. The summed E-state index contributed by atoms with van der Waals surface area (Å²) in [6.07, 6.45) is 3.48. The first-order chi connectivity index (χ1) is 13.8. The molecule has 28 heavy (non-hydrogen) atoms. The maximum Gasteiger partial charge on any atom is 0.154 e. The molecule has 134 valence electrons. The van der Waals surface area contributed by atoms with Gasteiger partial charge >= 0.3 is 0 Å². The zero-order chi connectivity index (χ0) is 18.9. The molecule has 2 heterocycles. The van der Waals surface area contributed by atoms with Crippen LogP contribution >= 0.6 is 0 Å². The molecule has 4 nitrogen and oxygen atoms in total. The van der Waals surface area contributed by atoms with E-state index in [0.717, 1.165) is 38.9 Å². The number of nitrogens with one attached hydrogen (secondary N) is 1. The highest BCUT2D eigenvalue weighted by Crippen LogP contribution is 2.33. The van der Waals surface area contributed by atoms with E-state index >= 15 is 0 Å². The zero-order valence-electron chi connectivity index (χ0n) is 14.8. The third kappa shape index (κ3) is 2.83. The maximum absolute atomic E-state index is 13.4. The summed E-state index contributed by atoms with van der Waals surface area (Å²) in [4.78, 5) is 9.00. The number of hydrogen-bond donors (Lipinski definition) is 1. The van der Waals surface area contributed by atoms with E-state index in [0.29, 0.717) is 5.84 Å². The normalized spacial score (nSPS) is 13.2. The molecule has 5 heteroatoms. The van der Waals surface area contributed by atoms with Gasteiger partial charge in [-0.15, -0.1) is 0 Å². The van der Waals surface area contributed by atoms with E-state index in [-0.39, 0.29) is 5.82 Å². The Balaban J connectivity index is 1.77. The molecule has 1 N–H and O–H groups in total. The van der Waals surface area contributed by atoms with Crippen molar-refractivity contribution in [1.29, 1.82) is 0 Å². The lowest BCUT2D eigenvalue weighted by Crippen LogP contribution is -2.19. The van der Waals surface area contributed by atoms with Gasteiger partial charge in [-0.3, -0.25) is 10.4 Å². The Morgan fingerprint density at radius 2 is 1.54 bits per heavy atom. The Hall–Kier alpha value is -3.86. The van der Waals surface area contributed by atoms with Crippen LogP contribution in [0.15, 0.2) is 95.3 Å². The van der Waals surface area contributed by atoms with Gasteiger partial charge < -0.3 is 0 Å². The molecule has 5 rings (SSSR count). The van der Waals surface area contributed by atoms with Gasteiger partial charge in [0.05, 0.1) is 5.69 Å². The van der Waals surface area contributed by atoms with Crippen LogP contribution in [0.1, 0.15) is 16.7 Å². The van der Waals surface area contributed by atoms with Crippen LogP contribution in [0.3, 0.4) is 0 Å². The molecule has 0 unspecified atom stereocenters. The molecular formula is C23H15FN4. The van der Waals surface area contributed by atoms with Gasteiger partial charge in [0.2, 0.25) is 0 Å². The van der Waals surface area contributed by atoms with Crippen molar-refractivity contribution < 1.29 is 4.39 Å². The van der Waals surface area contributed by atoms with Gasteiger partial charge in [0.25, 0.3) is 0 Å². The maximum atomic E-state index is 13.4. The van der Waals surface area contributed by atoms with Crippen molar-refractivity contribution in [1.82, 2.24) is 10.4 Å². The highest BCUT2D eigenvalue weighted by Gasteiger charge is 2.19. The molecule has 0 bridgehead atoms. The molecule has 1 aliphatic rings. The molecule has 4 aromatic rings. The first-order valence-corrected chi connectivity index (χ1v) is 8.90. The number of halogens is 1. The highest BCUT2D eigenvalue weighted by molar-refractivity contribution is 6.21. The molecule has 1 aliphatic heterocycles. The predicted octanol–water partition coefficient (Wildman–Crippen LogP) is 4.81. The Kier molecular flexibility index (Phi) is 3.91. The van der Waals surface area contributed by atoms with Crippen LogP contribution in [0.25, 0.3) is 10.8 Å². The fourth-order valence-electron chi connectivity index (χ4n) is 3.34. The summed E-state index contributed by atoms with van der Waals surface area (Å²) in [5, 5.41) is 6.77. The summed E-state index contributed by atoms with van der Waals surface area (Å²) >= 11 is 0. The lowest BCUT2D eigenvalue weighted by atomic mass is 9.97. The second-order valence-electron chi connectivity index (χ2n) is 6.46. The fraction of sp³-hybridized carbons (Fsp3) is 0. The number of nitrogens with zero attached hydrogens (tertiary/aromatic N) is 3. The van der Waals surface area contributed by atoms with Gasteiger partial charge in [-0.25, -0.2) is 9.38 Å². The monoisotopic (exact) mass is 366 g/mol. The van der Waals surface area contributed by atoms with Crippen molar-refractivity contribution in [3.8, 4) is 0 Å². The van der Waals surface area contributed by atoms with E-state index in [1.165, 1.54) is 12.1 Å². The van der Waals surface area contributed by atoms with Crippen LogP contribution in [-0.4, -0.2) is 16.5 Å². The third-order valence-electron chi connectivity index (χ3n) is 4.72. The average Bonchev–Trinajstić information content (AvgIpc) is 2.95. The smallest absolute Gasteiger partial charge is 0.154 e. The standard InChI is InChI=1S/C23H15FN4/c24-18-8-5-17(6-9-18)23-26-22-19-4-2-1-3-15(19)7-10-20(22)21(27-28-23)16-11-13-25-14-12-16/h1-14H,(H,26,28). The number of pyridine rings is 1. The van der Waals surface area contributed by atoms with E-state index in [9.17, 15) is 4.39 Å². The Bertz CT molecular complexity index is 1230. The van der Waals surface area contributed by atoms with Crippen LogP contribution in [0, 0.1) is 5.82 Å². The molecule has 0 saturated carbocycles. The molecule has 0 atom stereocenters. The first kappa shape index (κ1) is 16.3. The number of rotatable bonds is 2. The summed E-state index contributed by atoms with van der Waals surface area (Å²) in [6, 6.07) is 22.3. The Morgan fingerprint density at radius 1 is 0.750 bits per heavy atom. The van der Waals surface area contributed by atoms with E-state index in [2.05, 4.69) is 33.7 Å². The van der Waals surface area contributed by atoms with E-state index in [4.69, 9.17) is 4.99 Å². The van der Waals surface area contributed by atoms with Gasteiger partial charge in [0.1, 0.15) is 11.5 Å². The van der Waals surface area contributed by atoms with Crippen LogP contribution in [-0.2, 0) is 0 Å². The summed E-state index contributed by atoms with van der Waals surface area (Å²) < 4.78 is 13.4. The van der Waals surface area contributed by atoms with Crippen LogP contribution in [0.5, 0.6) is 0 Å². The van der Waals surface area contributed by atoms with Gasteiger partial charge in [-0.2, -0.15) is 5.10 Å². The summed E-state index contributed by atoms with van der Waals surface area (Å²) in [5.74, 6) is 0.284. The molecule has 0 saturated heterocycles. The van der Waals surface area contributed by atoms with E-state index < -0.39 is 0 Å². The summed E-state index contributed by atoms with van der Waals surface area (Å²) in [7, 11) is 0. The third-order valence-corrected chi connectivity index (χ3v) is 4.72. The van der Waals surface area contributed by atoms with Crippen molar-refractivity contribution in [2.75, 3.05) is 0 Å². The minimum Gasteiger partial charge on any atom is -0.265 e. The molecule has 0 radical (unpaired) electrons. The molecule has 1 aromatic heterocycles. The van der Waals surface area contributed by atoms with Gasteiger partial charge in [-0.1, -0.05) is 30.3 Å². The number of hydrazone groups is 1. The van der Waals surface area contributed by atoms with Crippen molar-refractivity contribution >= 4 is 28.0 Å². The molecular weight excluding hydrogens is 351 g/mol. The van der Waals surface area contributed by atoms with E-state index in [1.54, 1.807) is 24.5 Å². The Labute approximate surface area is 161 Å². The van der Waals surface area contributed by atoms with Crippen molar-refractivity contribution in [3.05, 3.63) is 108 Å². The van der Waals surface area contributed by atoms with Crippen LogP contribution in [0.2, 0.25) is 0 Å². The highest BCUT2D eigenvalue weighted by atomic mass is 19.1. The second-order valence-corrected chi connectivity index (χ2v) is 6.46. The first-order valence-electron chi connectivity index (χ1n) is 8.90. The average molecular weight is 366 g/mol. The number of amidine groups is 1.